The molecule has 2 aromatic carbocycles. The fraction of sp³-hybridized carbons (Fsp3) is 0.304. The molecule has 1 unspecified atom stereocenters. The first-order valence-corrected chi connectivity index (χ1v) is 9.97. The van der Waals surface area contributed by atoms with Crippen molar-refractivity contribution in [2.45, 2.75) is 33.2 Å². The fourth-order valence-electron chi connectivity index (χ4n) is 3.92. The number of H-pyrrole nitrogens is 1. The largest absolute Gasteiger partial charge is 0.504 e. The predicted molar refractivity (Wildman–Crippen MR) is 111 cm³/mol. The van der Waals surface area contributed by atoms with Crippen molar-refractivity contribution in [1.29, 1.82) is 0 Å². The van der Waals surface area contributed by atoms with Gasteiger partial charge in [-0.25, -0.2) is 0 Å². The second-order valence-electron chi connectivity index (χ2n) is 7.29. The van der Waals surface area contributed by atoms with Gasteiger partial charge >= 0.3 is 0 Å². The fourth-order valence-corrected chi connectivity index (χ4v) is 3.92. The number of aromatic amines is 1. The average Bonchev–Trinajstić information content (AvgIpc) is 3.25. The number of carbonyl (C=O) groups is 1. The molecule has 0 fully saturated rings. The molecule has 1 aromatic heterocycles. The number of aromatic hydroxyl groups is 1. The predicted octanol–water partition coefficient (Wildman–Crippen LogP) is 4.44. The quantitative estimate of drug-likeness (QED) is 0.651. The van der Waals surface area contributed by atoms with E-state index in [1.807, 2.05) is 55.1 Å². The van der Waals surface area contributed by atoms with Gasteiger partial charge in [0.25, 0.3) is 5.91 Å². The topological polar surface area (TPSA) is 78.5 Å². The van der Waals surface area contributed by atoms with Gasteiger partial charge in [-0.2, -0.15) is 5.10 Å². The van der Waals surface area contributed by atoms with Crippen LogP contribution in [-0.2, 0) is 0 Å². The molecule has 1 aliphatic rings. The van der Waals surface area contributed by atoms with E-state index in [4.69, 9.17) is 4.74 Å². The standard InChI is InChI=1S/C23H25N3O3/c1-4-12-26-22(16-10-11-17(27)18(13-16)29-5-2)19-20(24-25-21(19)23(26)28)15-8-6-14(3)7-9-15/h6-11,13,22,27H,4-5,12H2,1-3H3,(H,24,25). The van der Waals surface area contributed by atoms with Crippen molar-refractivity contribution in [3.8, 4) is 22.8 Å². The number of fused-ring (bicyclic) bond motifs is 1. The molecule has 1 aliphatic heterocycles. The molecule has 0 radical (unpaired) electrons. The number of nitrogens with one attached hydrogen (secondary N) is 1. The molecule has 3 aromatic rings. The van der Waals surface area contributed by atoms with Crippen molar-refractivity contribution >= 4 is 5.91 Å². The summed E-state index contributed by atoms with van der Waals surface area (Å²) in [6.07, 6.45) is 0.843. The van der Waals surface area contributed by atoms with Gasteiger partial charge in [0.05, 0.1) is 18.3 Å². The van der Waals surface area contributed by atoms with Gasteiger partial charge < -0.3 is 14.7 Å². The van der Waals surface area contributed by atoms with Crippen LogP contribution < -0.4 is 4.74 Å². The van der Waals surface area contributed by atoms with Crippen molar-refractivity contribution in [1.82, 2.24) is 15.1 Å². The first-order chi connectivity index (χ1) is 14.0. The summed E-state index contributed by atoms with van der Waals surface area (Å²) in [6, 6.07) is 13.1. The zero-order valence-corrected chi connectivity index (χ0v) is 16.9. The molecule has 0 aliphatic carbocycles. The van der Waals surface area contributed by atoms with Crippen LogP contribution in [-0.4, -0.2) is 39.3 Å². The molecule has 29 heavy (non-hydrogen) atoms. The number of carbonyl (C=O) groups excluding carboxylic acids is 1. The summed E-state index contributed by atoms with van der Waals surface area (Å²) in [6.45, 7) is 7.05. The van der Waals surface area contributed by atoms with Gasteiger partial charge in [-0.15, -0.1) is 0 Å². The highest BCUT2D eigenvalue weighted by Crippen LogP contribution is 2.44. The van der Waals surface area contributed by atoms with Crippen LogP contribution in [0.1, 0.15) is 53.5 Å². The van der Waals surface area contributed by atoms with Gasteiger partial charge in [0.15, 0.2) is 11.5 Å². The highest BCUT2D eigenvalue weighted by Gasteiger charge is 2.41. The molecular weight excluding hydrogens is 366 g/mol. The summed E-state index contributed by atoms with van der Waals surface area (Å²) in [7, 11) is 0. The van der Waals surface area contributed by atoms with Crippen molar-refractivity contribution in [2.75, 3.05) is 13.2 Å². The Balaban J connectivity index is 1.87. The molecule has 6 nitrogen and oxygen atoms in total. The maximum Gasteiger partial charge on any atom is 0.273 e. The minimum absolute atomic E-state index is 0.0521. The van der Waals surface area contributed by atoms with Crippen molar-refractivity contribution in [3.63, 3.8) is 0 Å². The van der Waals surface area contributed by atoms with Gasteiger partial charge in [-0.3, -0.25) is 9.89 Å². The van der Waals surface area contributed by atoms with E-state index in [1.165, 1.54) is 5.56 Å². The van der Waals surface area contributed by atoms with Gasteiger partial charge in [0.2, 0.25) is 0 Å². The number of amides is 1. The van der Waals surface area contributed by atoms with Gasteiger partial charge in [0, 0.05) is 17.7 Å². The van der Waals surface area contributed by atoms with E-state index < -0.39 is 0 Å². The molecule has 0 saturated carbocycles. The normalized spacial score (nSPS) is 15.6. The second-order valence-corrected chi connectivity index (χ2v) is 7.29. The Labute approximate surface area is 170 Å². The minimum Gasteiger partial charge on any atom is -0.504 e. The monoisotopic (exact) mass is 391 g/mol. The zero-order chi connectivity index (χ0) is 20.5. The Bertz CT molecular complexity index is 1040. The minimum atomic E-state index is -0.285. The molecule has 4 rings (SSSR count). The van der Waals surface area contributed by atoms with Crippen LogP contribution >= 0.6 is 0 Å². The summed E-state index contributed by atoms with van der Waals surface area (Å²) in [5.41, 5.74) is 5.21. The molecule has 2 N–H and O–H groups in total. The van der Waals surface area contributed by atoms with E-state index in [0.29, 0.717) is 24.6 Å². The number of phenolic OH excluding ortho intramolecular Hbond substituents is 1. The third kappa shape index (κ3) is 3.24. The Kier molecular flexibility index (Phi) is 5.01. The summed E-state index contributed by atoms with van der Waals surface area (Å²) in [5.74, 6) is 0.458. The number of aryl methyl sites for hydroxylation is 1. The maximum absolute atomic E-state index is 13.1. The third-order valence-electron chi connectivity index (χ3n) is 5.25. The lowest BCUT2D eigenvalue weighted by Crippen LogP contribution is -2.30. The highest BCUT2D eigenvalue weighted by molar-refractivity contribution is 6.00. The van der Waals surface area contributed by atoms with E-state index >= 15 is 0 Å². The smallest absolute Gasteiger partial charge is 0.273 e. The molecule has 150 valence electrons. The van der Waals surface area contributed by atoms with Crippen LogP contribution in [0.5, 0.6) is 11.5 Å². The first kappa shape index (κ1) is 19.1. The van der Waals surface area contributed by atoms with Crippen LogP contribution in [0.3, 0.4) is 0 Å². The van der Waals surface area contributed by atoms with E-state index in [9.17, 15) is 9.90 Å². The molecular formula is C23H25N3O3. The van der Waals surface area contributed by atoms with Crippen molar-refractivity contribution in [3.05, 3.63) is 64.8 Å². The third-order valence-corrected chi connectivity index (χ3v) is 5.25. The zero-order valence-electron chi connectivity index (χ0n) is 16.9. The Morgan fingerprint density at radius 3 is 2.62 bits per heavy atom. The van der Waals surface area contributed by atoms with Crippen LogP contribution in [0.15, 0.2) is 42.5 Å². The number of ether oxygens (including phenoxy) is 1. The lowest BCUT2D eigenvalue weighted by Gasteiger charge is -2.26. The summed E-state index contributed by atoms with van der Waals surface area (Å²) in [5, 5.41) is 17.6. The second kappa shape index (κ2) is 7.62. The van der Waals surface area contributed by atoms with Crippen LogP contribution in [0, 0.1) is 6.92 Å². The highest BCUT2D eigenvalue weighted by atomic mass is 16.5. The number of aromatic nitrogens is 2. The van der Waals surface area contributed by atoms with Crippen molar-refractivity contribution in [2.24, 2.45) is 0 Å². The number of rotatable bonds is 6. The lowest BCUT2D eigenvalue weighted by molar-refractivity contribution is 0.0743. The summed E-state index contributed by atoms with van der Waals surface area (Å²) >= 11 is 0. The number of hydrogen-bond acceptors (Lipinski definition) is 4. The maximum atomic E-state index is 13.1. The van der Waals surface area contributed by atoms with E-state index in [-0.39, 0.29) is 17.7 Å². The number of phenols is 1. The molecule has 6 heteroatoms. The average molecular weight is 391 g/mol. The van der Waals surface area contributed by atoms with Gasteiger partial charge in [0.1, 0.15) is 5.69 Å². The number of benzene rings is 2. The number of hydrogen-bond donors (Lipinski definition) is 2. The molecule has 0 bridgehead atoms. The van der Waals surface area contributed by atoms with Crippen LogP contribution in [0.2, 0.25) is 0 Å². The lowest BCUT2D eigenvalue weighted by atomic mass is 9.95. The van der Waals surface area contributed by atoms with Crippen LogP contribution in [0.25, 0.3) is 11.3 Å². The molecule has 0 saturated heterocycles. The number of nitrogens with zero attached hydrogens (tertiary/aromatic N) is 2. The van der Waals surface area contributed by atoms with E-state index in [1.54, 1.807) is 6.07 Å². The molecule has 1 amide bonds. The summed E-state index contributed by atoms with van der Waals surface area (Å²) < 4.78 is 5.58. The Morgan fingerprint density at radius 2 is 1.93 bits per heavy atom. The summed E-state index contributed by atoms with van der Waals surface area (Å²) in [4.78, 5) is 15.0. The van der Waals surface area contributed by atoms with Crippen molar-refractivity contribution < 1.29 is 14.6 Å². The van der Waals surface area contributed by atoms with Crippen LogP contribution in [0.4, 0.5) is 0 Å². The van der Waals surface area contributed by atoms with Gasteiger partial charge in [-0.1, -0.05) is 42.8 Å². The SMILES string of the molecule is CCCN1C(=O)c2[nH]nc(-c3ccc(C)cc3)c2C1c1ccc(O)c(OCC)c1. The molecule has 0 spiro atoms. The van der Waals surface area contributed by atoms with E-state index in [0.717, 1.165) is 28.8 Å². The molecule has 1 atom stereocenters. The van der Waals surface area contributed by atoms with Gasteiger partial charge in [-0.05, 0) is 38.0 Å². The Morgan fingerprint density at radius 1 is 1.17 bits per heavy atom. The van der Waals surface area contributed by atoms with E-state index in [2.05, 4.69) is 17.1 Å². The molecule has 2 heterocycles. The first-order valence-electron chi connectivity index (χ1n) is 9.97. The Hall–Kier alpha value is -3.28.